The lowest BCUT2D eigenvalue weighted by atomic mass is 10.2. The van der Waals surface area contributed by atoms with Gasteiger partial charge in [-0.15, -0.1) is 0 Å². The fraction of sp³-hybridized carbons (Fsp3) is 0.500. The summed E-state index contributed by atoms with van der Waals surface area (Å²) in [5.41, 5.74) is 6.49. The molecule has 0 radical (unpaired) electrons. The maximum Gasteiger partial charge on any atom is 0.304 e. The van der Waals surface area contributed by atoms with Crippen molar-refractivity contribution in [2.24, 2.45) is 5.73 Å². The first kappa shape index (κ1) is 7.50. The Labute approximate surface area is 62.9 Å². The summed E-state index contributed by atoms with van der Waals surface area (Å²) in [7, 11) is 0. The van der Waals surface area contributed by atoms with Gasteiger partial charge in [0.05, 0.1) is 0 Å². The van der Waals surface area contributed by atoms with Gasteiger partial charge in [-0.25, -0.2) is 0 Å². The van der Waals surface area contributed by atoms with Crippen molar-refractivity contribution in [1.82, 2.24) is 4.98 Å². The van der Waals surface area contributed by atoms with Gasteiger partial charge in [-0.2, -0.15) is 0 Å². The van der Waals surface area contributed by atoms with Crippen molar-refractivity contribution in [2.75, 3.05) is 0 Å². The van der Waals surface area contributed by atoms with Crippen LogP contribution in [0.1, 0.15) is 25.1 Å². The van der Waals surface area contributed by atoms with Crippen LogP contribution in [0.5, 0.6) is 0 Å². The highest BCUT2D eigenvalue weighted by molar-refractivity contribution is 7.07. The molecule has 1 atom stereocenters. The maximum absolute atomic E-state index is 10.6. The quantitative estimate of drug-likeness (QED) is 0.670. The molecule has 0 spiro atoms. The van der Waals surface area contributed by atoms with Crippen LogP contribution in [0.25, 0.3) is 0 Å². The molecule has 0 aliphatic rings. The summed E-state index contributed by atoms with van der Waals surface area (Å²) >= 11 is 1.16. The summed E-state index contributed by atoms with van der Waals surface area (Å²) in [5, 5.41) is 1.77. The Morgan fingerprint density at radius 3 is 3.00 bits per heavy atom. The number of nitrogens with one attached hydrogen (secondary N) is 1. The lowest BCUT2D eigenvalue weighted by Crippen LogP contribution is -2.10. The number of hydrogen-bond acceptors (Lipinski definition) is 3. The molecule has 3 nitrogen and oxygen atoms in total. The van der Waals surface area contributed by atoms with E-state index in [1.807, 2.05) is 6.92 Å². The van der Waals surface area contributed by atoms with Crippen LogP contribution in [0.3, 0.4) is 0 Å². The van der Waals surface area contributed by atoms with E-state index in [1.54, 1.807) is 5.38 Å². The van der Waals surface area contributed by atoms with Crippen LogP contribution in [-0.4, -0.2) is 4.98 Å². The minimum Gasteiger partial charge on any atom is -0.323 e. The van der Waals surface area contributed by atoms with Gasteiger partial charge < -0.3 is 10.7 Å². The number of aromatic amines is 1. The second-order valence-electron chi connectivity index (χ2n) is 2.12. The van der Waals surface area contributed by atoms with Crippen LogP contribution < -0.4 is 10.6 Å². The normalized spacial score (nSPS) is 13.4. The van der Waals surface area contributed by atoms with Gasteiger partial charge in [-0.3, -0.25) is 4.79 Å². The Bertz CT molecular complexity index is 252. The van der Waals surface area contributed by atoms with E-state index in [4.69, 9.17) is 5.73 Å². The van der Waals surface area contributed by atoms with E-state index in [0.29, 0.717) is 0 Å². The van der Waals surface area contributed by atoms with Gasteiger partial charge in [0.15, 0.2) is 0 Å². The van der Waals surface area contributed by atoms with Gasteiger partial charge in [0.25, 0.3) is 0 Å². The molecule has 0 aliphatic carbocycles. The highest BCUT2D eigenvalue weighted by Gasteiger charge is 2.03. The zero-order valence-corrected chi connectivity index (χ0v) is 6.57. The fourth-order valence-corrected chi connectivity index (χ4v) is 1.34. The molecular weight excluding hydrogens is 148 g/mol. The van der Waals surface area contributed by atoms with E-state index >= 15 is 0 Å². The summed E-state index contributed by atoms with van der Waals surface area (Å²) in [6, 6.07) is -0.0149. The van der Waals surface area contributed by atoms with Crippen molar-refractivity contribution in [3.05, 3.63) is 20.7 Å². The maximum atomic E-state index is 10.6. The van der Waals surface area contributed by atoms with Crippen molar-refractivity contribution in [1.29, 1.82) is 0 Å². The molecule has 56 valence electrons. The first-order valence-corrected chi connectivity index (χ1v) is 4.05. The number of aromatic nitrogens is 1. The lowest BCUT2D eigenvalue weighted by molar-refractivity contribution is 0.679. The summed E-state index contributed by atoms with van der Waals surface area (Å²) in [4.78, 5) is 13.3. The third kappa shape index (κ3) is 1.46. The van der Waals surface area contributed by atoms with Crippen LogP contribution in [0.2, 0.25) is 0 Å². The number of thiazole rings is 1. The molecule has 1 aromatic heterocycles. The highest BCUT2D eigenvalue weighted by atomic mass is 32.1. The average molecular weight is 158 g/mol. The Morgan fingerprint density at radius 2 is 2.60 bits per heavy atom. The number of nitrogens with two attached hydrogens (primary N) is 1. The third-order valence-electron chi connectivity index (χ3n) is 1.38. The Kier molecular flexibility index (Phi) is 2.24. The van der Waals surface area contributed by atoms with Crippen LogP contribution in [0.4, 0.5) is 0 Å². The largest absolute Gasteiger partial charge is 0.323 e. The third-order valence-corrected chi connectivity index (χ3v) is 2.07. The summed E-state index contributed by atoms with van der Waals surface area (Å²) in [6.45, 7) is 1.99. The molecule has 0 amide bonds. The zero-order valence-electron chi connectivity index (χ0n) is 5.76. The van der Waals surface area contributed by atoms with Crippen molar-refractivity contribution < 1.29 is 0 Å². The number of H-pyrrole nitrogens is 1. The van der Waals surface area contributed by atoms with E-state index in [2.05, 4.69) is 4.98 Å². The average Bonchev–Trinajstić information content (AvgIpc) is 2.34. The summed E-state index contributed by atoms with van der Waals surface area (Å²) in [5.74, 6) is 0. The smallest absolute Gasteiger partial charge is 0.304 e. The fourth-order valence-electron chi connectivity index (χ4n) is 0.694. The SMILES string of the molecule is CCC(N)c1csc(=O)[nH]1. The Balaban J connectivity index is 2.84. The standard InChI is InChI=1S/C6H10N2OS/c1-2-4(7)5-3-10-6(9)8-5/h3-4H,2,7H2,1H3,(H,8,9). The van der Waals surface area contributed by atoms with Crippen molar-refractivity contribution in [2.45, 2.75) is 19.4 Å². The zero-order chi connectivity index (χ0) is 7.56. The van der Waals surface area contributed by atoms with Gasteiger partial charge in [-0.05, 0) is 6.42 Å². The molecule has 0 bridgehead atoms. The van der Waals surface area contributed by atoms with Gasteiger partial charge in [0, 0.05) is 17.1 Å². The lowest BCUT2D eigenvalue weighted by Gasteiger charge is -2.02. The molecule has 1 heterocycles. The first-order chi connectivity index (χ1) is 4.74. The molecule has 3 N–H and O–H groups in total. The van der Waals surface area contributed by atoms with Gasteiger partial charge in [0.2, 0.25) is 0 Å². The molecule has 1 unspecified atom stereocenters. The van der Waals surface area contributed by atoms with Gasteiger partial charge in [0.1, 0.15) is 0 Å². The predicted octanol–water partition coefficient (Wildman–Crippen LogP) is 0.846. The molecule has 0 aliphatic heterocycles. The topological polar surface area (TPSA) is 58.9 Å². The van der Waals surface area contributed by atoms with Gasteiger partial charge in [-0.1, -0.05) is 18.3 Å². The number of hydrogen-bond donors (Lipinski definition) is 2. The Morgan fingerprint density at radius 1 is 1.90 bits per heavy atom. The van der Waals surface area contributed by atoms with E-state index in [-0.39, 0.29) is 10.9 Å². The second-order valence-corrected chi connectivity index (χ2v) is 2.96. The molecule has 0 saturated carbocycles. The Hall–Kier alpha value is -0.610. The molecule has 0 saturated heterocycles. The van der Waals surface area contributed by atoms with Crippen molar-refractivity contribution in [3.8, 4) is 0 Å². The van der Waals surface area contributed by atoms with E-state index < -0.39 is 0 Å². The van der Waals surface area contributed by atoms with E-state index in [9.17, 15) is 4.79 Å². The molecule has 1 aromatic rings. The predicted molar refractivity (Wildman–Crippen MR) is 42.2 cm³/mol. The van der Waals surface area contributed by atoms with Crippen LogP contribution >= 0.6 is 11.3 Å². The van der Waals surface area contributed by atoms with Crippen LogP contribution in [-0.2, 0) is 0 Å². The van der Waals surface area contributed by atoms with Gasteiger partial charge >= 0.3 is 4.87 Å². The minimum absolute atomic E-state index is 0.0149. The first-order valence-electron chi connectivity index (χ1n) is 3.17. The van der Waals surface area contributed by atoms with Crippen LogP contribution in [0, 0.1) is 0 Å². The van der Waals surface area contributed by atoms with Crippen molar-refractivity contribution in [3.63, 3.8) is 0 Å². The second kappa shape index (κ2) is 2.98. The summed E-state index contributed by atoms with van der Waals surface area (Å²) in [6.07, 6.45) is 0.854. The summed E-state index contributed by atoms with van der Waals surface area (Å²) < 4.78 is 0. The van der Waals surface area contributed by atoms with E-state index in [0.717, 1.165) is 23.5 Å². The molecule has 10 heavy (non-hydrogen) atoms. The molecule has 0 fully saturated rings. The molecule has 1 rings (SSSR count). The molecular formula is C6H10N2OS. The number of rotatable bonds is 2. The highest BCUT2D eigenvalue weighted by Crippen LogP contribution is 2.09. The molecule has 0 aromatic carbocycles. The molecule has 4 heteroatoms. The van der Waals surface area contributed by atoms with Crippen LogP contribution in [0.15, 0.2) is 10.2 Å². The van der Waals surface area contributed by atoms with E-state index in [1.165, 1.54) is 0 Å². The van der Waals surface area contributed by atoms with Crippen molar-refractivity contribution >= 4 is 11.3 Å². The minimum atomic E-state index is -0.0288. The monoisotopic (exact) mass is 158 g/mol.